The minimum atomic E-state index is -0.356. The first kappa shape index (κ1) is 18.4. The highest BCUT2D eigenvalue weighted by molar-refractivity contribution is 5.94. The molecule has 4 rings (SSSR count). The molecule has 0 spiro atoms. The Labute approximate surface area is 159 Å². The molecule has 0 bridgehead atoms. The number of piperazine rings is 1. The Morgan fingerprint density at radius 2 is 1.89 bits per heavy atom. The average molecular weight is 373 g/mol. The largest absolute Gasteiger partial charge is 0.339 e. The number of fused-ring (bicyclic) bond motifs is 1. The topological polar surface area (TPSA) is 52.7 Å². The molecule has 0 aromatic heterocycles. The van der Waals surface area contributed by atoms with E-state index in [9.17, 15) is 14.0 Å². The molecule has 1 aromatic rings. The maximum absolute atomic E-state index is 13.8. The quantitative estimate of drug-likeness (QED) is 0.865. The Morgan fingerprint density at radius 3 is 2.63 bits per heavy atom. The number of benzene rings is 1. The second-order valence-corrected chi connectivity index (χ2v) is 8.28. The number of hydrogen-bond acceptors (Lipinski definition) is 3. The second-order valence-electron chi connectivity index (χ2n) is 8.28. The molecule has 6 heteroatoms. The molecule has 27 heavy (non-hydrogen) atoms. The minimum absolute atomic E-state index is 0.155. The summed E-state index contributed by atoms with van der Waals surface area (Å²) in [6.07, 6.45) is 4.46. The van der Waals surface area contributed by atoms with E-state index in [1.54, 1.807) is 24.0 Å². The third kappa shape index (κ3) is 3.24. The molecule has 1 saturated carbocycles. The zero-order valence-electron chi connectivity index (χ0n) is 16.0. The molecule has 3 fully saturated rings. The summed E-state index contributed by atoms with van der Waals surface area (Å²) in [5.74, 6) is 0.211. The van der Waals surface area contributed by atoms with Crippen LogP contribution in [0.5, 0.6) is 0 Å². The molecule has 2 saturated heterocycles. The van der Waals surface area contributed by atoms with Crippen molar-refractivity contribution >= 4 is 11.8 Å². The van der Waals surface area contributed by atoms with Crippen LogP contribution >= 0.6 is 0 Å². The van der Waals surface area contributed by atoms with Gasteiger partial charge in [0.25, 0.3) is 5.91 Å². The van der Waals surface area contributed by atoms with E-state index in [2.05, 4.69) is 5.32 Å². The predicted molar refractivity (Wildman–Crippen MR) is 101 cm³/mol. The molecule has 2 amide bonds. The number of hydrogen-bond donors (Lipinski definition) is 1. The molecule has 2 atom stereocenters. The molecule has 2 aliphatic heterocycles. The molecule has 2 heterocycles. The Bertz CT molecular complexity index is 745. The summed E-state index contributed by atoms with van der Waals surface area (Å²) in [6, 6.07) is 4.62. The van der Waals surface area contributed by atoms with Gasteiger partial charge in [-0.1, -0.05) is 18.9 Å². The number of amides is 2. The molecule has 1 N–H and O–H groups in total. The van der Waals surface area contributed by atoms with Gasteiger partial charge in [0.15, 0.2) is 0 Å². The smallest absolute Gasteiger partial charge is 0.254 e. The Hall–Kier alpha value is -1.95. The number of carbonyl (C=O) groups excluding carboxylic acids is 2. The lowest BCUT2D eigenvalue weighted by Gasteiger charge is -2.43. The summed E-state index contributed by atoms with van der Waals surface area (Å²) in [5, 5.41) is 3.44. The van der Waals surface area contributed by atoms with Crippen LogP contribution < -0.4 is 5.32 Å². The van der Waals surface area contributed by atoms with Gasteiger partial charge in [0.2, 0.25) is 5.91 Å². The Balaban J connectivity index is 1.40. The number of carbonyl (C=O) groups is 2. The fourth-order valence-corrected chi connectivity index (χ4v) is 5.00. The summed E-state index contributed by atoms with van der Waals surface area (Å²) in [6.45, 7) is 5.56. The van der Waals surface area contributed by atoms with E-state index in [-0.39, 0.29) is 23.0 Å². The van der Waals surface area contributed by atoms with Crippen molar-refractivity contribution in [1.29, 1.82) is 0 Å². The Kier molecular flexibility index (Phi) is 4.93. The van der Waals surface area contributed by atoms with Gasteiger partial charge in [0.05, 0.1) is 5.41 Å². The highest BCUT2D eigenvalue weighted by Gasteiger charge is 2.51. The van der Waals surface area contributed by atoms with Crippen molar-refractivity contribution in [3.8, 4) is 0 Å². The second kappa shape index (κ2) is 7.23. The molecular weight excluding hydrogens is 345 g/mol. The molecule has 3 aliphatic rings. The molecule has 5 nitrogen and oxygen atoms in total. The van der Waals surface area contributed by atoms with E-state index >= 15 is 0 Å². The van der Waals surface area contributed by atoms with Gasteiger partial charge >= 0.3 is 0 Å². The van der Waals surface area contributed by atoms with Crippen molar-refractivity contribution < 1.29 is 14.0 Å². The van der Waals surface area contributed by atoms with E-state index in [1.165, 1.54) is 12.5 Å². The third-order valence-corrected chi connectivity index (χ3v) is 6.74. The summed E-state index contributed by atoms with van der Waals surface area (Å²) in [4.78, 5) is 29.7. The lowest BCUT2D eigenvalue weighted by molar-refractivity contribution is -0.146. The first-order chi connectivity index (χ1) is 13.0. The van der Waals surface area contributed by atoms with E-state index < -0.39 is 0 Å². The van der Waals surface area contributed by atoms with Gasteiger partial charge in [-0.15, -0.1) is 0 Å². The van der Waals surface area contributed by atoms with E-state index in [0.29, 0.717) is 43.2 Å². The standard InChI is InChI=1S/C21H28FN3O2/c1-15-5-6-16(12-18(15)22)19(26)24-8-10-25(11-9-24)20(27)21-7-3-2-4-17(21)13-23-14-21/h5-6,12,17,23H,2-4,7-11,13-14H2,1H3/t17-,21+/m0/s1. The molecule has 1 aliphatic carbocycles. The highest BCUT2D eigenvalue weighted by atomic mass is 19.1. The lowest BCUT2D eigenvalue weighted by atomic mass is 9.67. The number of aryl methyl sites for hydroxylation is 1. The number of nitrogens with one attached hydrogen (secondary N) is 1. The van der Waals surface area contributed by atoms with Crippen LogP contribution in [0.3, 0.4) is 0 Å². The van der Waals surface area contributed by atoms with Gasteiger partial charge in [-0.2, -0.15) is 0 Å². The summed E-state index contributed by atoms with van der Waals surface area (Å²) in [5.41, 5.74) is 0.682. The van der Waals surface area contributed by atoms with E-state index in [4.69, 9.17) is 0 Å². The van der Waals surface area contributed by atoms with E-state index in [0.717, 1.165) is 32.4 Å². The molecule has 0 unspecified atom stereocenters. The first-order valence-electron chi connectivity index (χ1n) is 10.1. The summed E-state index contributed by atoms with van der Waals surface area (Å²) < 4.78 is 13.8. The van der Waals surface area contributed by atoms with Crippen LogP contribution in [-0.2, 0) is 4.79 Å². The van der Waals surface area contributed by atoms with Crippen molar-refractivity contribution in [2.45, 2.75) is 32.6 Å². The SMILES string of the molecule is Cc1ccc(C(=O)N2CCN(C(=O)[C@@]34CCCC[C@H]3CNC4)CC2)cc1F. The van der Waals surface area contributed by atoms with Gasteiger partial charge in [0.1, 0.15) is 5.82 Å². The van der Waals surface area contributed by atoms with Gasteiger partial charge < -0.3 is 15.1 Å². The minimum Gasteiger partial charge on any atom is -0.339 e. The third-order valence-electron chi connectivity index (χ3n) is 6.74. The van der Waals surface area contributed by atoms with Gasteiger partial charge in [-0.25, -0.2) is 4.39 Å². The fourth-order valence-electron chi connectivity index (χ4n) is 5.00. The zero-order valence-corrected chi connectivity index (χ0v) is 16.0. The maximum Gasteiger partial charge on any atom is 0.254 e. The Morgan fingerprint density at radius 1 is 1.15 bits per heavy atom. The van der Waals surface area contributed by atoms with Crippen molar-refractivity contribution in [2.24, 2.45) is 11.3 Å². The highest BCUT2D eigenvalue weighted by Crippen LogP contribution is 2.45. The van der Waals surface area contributed by atoms with Crippen LogP contribution in [0.1, 0.15) is 41.6 Å². The van der Waals surface area contributed by atoms with Crippen LogP contribution in [0.25, 0.3) is 0 Å². The summed E-state index contributed by atoms with van der Waals surface area (Å²) in [7, 11) is 0. The lowest BCUT2D eigenvalue weighted by Crippen LogP contribution is -2.56. The summed E-state index contributed by atoms with van der Waals surface area (Å²) >= 11 is 0. The van der Waals surface area contributed by atoms with Crippen molar-refractivity contribution in [3.63, 3.8) is 0 Å². The van der Waals surface area contributed by atoms with Crippen LogP contribution in [0.4, 0.5) is 4.39 Å². The van der Waals surface area contributed by atoms with E-state index in [1.807, 2.05) is 4.90 Å². The zero-order chi connectivity index (χ0) is 19.0. The van der Waals surface area contributed by atoms with Gasteiger partial charge in [-0.3, -0.25) is 9.59 Å². The van der Waals surface area contributed by atoms with Crippen LogP contribution in [0.15, 0.2) is 18.2 Å². The van der Waals surface area contributed by atoms with Crippen LogP contribution in [0.2, 0.25) is 0 Å². The number of nitrogens with zero attached hydrogens (tertiary/aromatic N) is 2. The van der Waals surface area contributed by atoms with Crippen molar-refractivity contribution in [3.05, 3.63) is 35.1 Å². The fraction of sp³-hybridized carbons (Fsp3) is 0.619. The average Bonchev–Trinajstić information content (AvgIpc) is 3.14. The molecule has 146 valence electrons. The first-order valence-corrected chi connectivity index (χ1v) is 10.1. The van der Waals surface area contributed by atoms with Crippen molar-refractivity contribution in [1.82, 2.24) is 15.1 Å². The van der Waals surface area contributed by atoms with Gasteiger partial charge in [-0.05, 0) is 49.9 Å². The number of rotatable bonds is 2. The molecule has 1 aromatic carbocycles. The monoisotopic (exact) mass is 373 g/mol. The number of halogens is 1. The van der Waals surface area contributed by atoms with Crippen LogP contribution in [-0.4, -0.2) is 60.9 Å². The molecular formula is C21H28FN3O2. The van der Waals surface area contributed by atoms with Crippen LogP contribution in [0, 0.1) is 24.1 Å². The normalized spacial score (nSPS) is 28.1. The van der Waals surface area contributed by atoms with Gasteiger partial charge in [0, 0.05) is 38.3 Å². The maximum atomic E-state index is 13.8. The van der Waals surface area contributed by atoms with Crippen molar-refractivity contribution in [2.75, 3.05) is 39.3 Å². The predicted octanol–water partition coefficient (Wildman–Crippen LogP) is 2.20. The molecule has 0 radical (unpaired) electrons.